The molecule has 0 spiro atoms. The number of hydrogen-bond donors (Lipinski definition) is 1. The molecule has 1 heterocycles. The molecule has 0 radical (unpaired) electrons. The molecule has 1 N–H and O–H groups in total. The van der Waals surface area contributed by atoms with Crippen molar-refractivity contribution in [3.05, 3.63) is 11.6 Å². The Morgan fingerprint density at radius 2 is 2.10 bits per heavy atom. The van der Waals surface area contributed by atoms with E-state index in [1.165, 1.54) is 0 Å². The van der Waals surface area contributed by atoms with E-state index in [1.54, 1.807) is 5.54 Å². The van der Waals surface area contributed by atoms with E-state index in [0.717, 1.165) is 32.7 Å². The summed E-state index contributed by atoms with van der Waals surface area (Å²) in [7, 11) is 0. The van der Waals surface area contributed by atoms with Gasteiger partial charge in [-0.05, 0) is 0 Å². The van der Waals surface area contributed by atoms with Gasteiger partial charge in [-0.25, -0.2) is 0 Å². The van der Waals surface area contributed by atoms with E-state index in [0.29, 0.717) is 0 Å². The molecule has 0 aromatic rings. The Bertz CT molecular complexity index is 108. The number of halogens is 1. The summed E-state index contributed by atoms with van der Waals surface area (Å²) in [5, 5.41) is 3.29. The van der Waals surface area contributed by atoms with E-state index in [2.05, 4.69) is 10.2 Å². The predicted octanol–water partition coefficient (Wildman–Crippen LogP) is 0.644. The Kier molecular flexibility index (Phi) is 3.80. The summed E-state index contributed by atoms with van der Waals surface area (Å²) in [6.07, 6.45) is 1.98. The van der Waals surface area contributed by atoms with Crippen molar-refractivity contribution in [2.75, 3.05) is 32.7 Å². The van der Waals surface area contributed by atoms with Crippen LogP contribution >= 0.6 is 11.6 Å². The SMILES string of the molecule is Cl/C=C\CN1CCNCC1. The lowest BCUT2D eigenvalue weighted by molar-refractivity contribution is 0.265. The normalized spacial score (nSPS) is 22.1. The minimum Gasteiger partial charge on any atom is -0.314 e. The van der Waals surface area contributed by atoms with Crippen molar-refractivity contribution in [3.63, 3.8) is 0 Å². The fourth-order valence-corrected chi connectivity index (χ4v) is 1.16. The molecule has 10 heavy (non-hydrogen) atoms. The number of nitrogens with zero attached hydrogens (tertiary/aromatic N) is 1. The summed E-state index contributed by atoms with van der Waals surface area (Å²) >= 11 is 5.40. The first-order valence-corrected chi connectivity index (χ1v) is 4.05. The highest BCUT2D eigenvalue weighted by molar-refractivity contribution is 6.25. The Morgan fingerprint density at radius 1 is 1.40 bits per heavy atom. The zero-order chi connectivity index (χ0) is 7.23. The lowest BCUT2D eigenvalue weighted by Gasteiger charge is -2.25. The van der Waals surface area contributed by atoms with Crippen molar-refractivity contribution in [3.8, 4) is 0 Å². The second-order valence-electron chi connectivity index (χ2n) is 2.41. The van der Waals surface area contributed by atoms with Crippen molar-refractivity contribution >= 4 is 11.6 Å². The van der Waals surface area contributed by atoms with Gasteiger partial charge >= 0.3 is 0 Å². The van der Waals surface area contributed by atoms with Crippen LogP contribution in [0.1, 0.15) is 0 Å². The van der Waals surface area contributed by atoms with Gasteiger partial charge in [0.2, 0.25) is 0 Å². The van der Waals surface area contributed by atoms with Gasteiger partial charge < -0.3 is 5.32 Å². The van der Waals surface area contributed by atoms with Gasteiger partial charge in [0, 0.05) is 38.3 Å². The van der Waals surface area contributed by atoms with Gasteiger partial charge in [0.15, 0.2) is 0 Å². The standard InChI is InChI=1S/C7H13ClN2/c8-2-1-5-10-6-3-9-4-7-10/h1-2,9H,3-7H2/b2-1-. The molecule has 58 valence electrons. The highest BCUT2D eigenvalue weighted by atomic mass is 35.5. The van der Waals surface area contributed by atoms with Crippen molar-refractivity contribution < 1.29 is 0 Å². The number of piperazine rings is 1. The first-order chi connectivity index (χ1) is 4.93. The predicted molar refractivity (Wildman–Crippen MR) is 44.3 cm³/mol. The Balaban J connectivity index is 2.13. The van der Waals surface area contributed by atoms with E-state index < -0.39 is 0 Å². The van der Waals surface area contributed by atoms with E-state index in [-0.39, 0.29) is 0 Å². The van der Waals surface area contributed by atoms with Crippen LogP contribution in [-0.2, 0) is 0 Å². The average molecular weight is 161 g/mol. The van der Waals surface area contributed by atoms with Crippen molar-refractivity contribution in [2.24, 2.45) is 0 Å². The van der Waals surface area contributed by atoms with E-state index >= 15 is 0 Å². The molecule has 1 aliphatic heterocycles. The molecule has 0 amide bonds. The zero-order valence-corrected chi connectivity index (χ0v) is 6.77. The Morgan fingerprint density at radius 3 is 2.70 bits per heavy atom. The van der Waals surface area contributed by atoms with E-state index in [4.69, 9.17) is 11.6 Å². The van der Waals surface area contributed by atoms with Crippen molar-refractivity contribution in [1.82, 2.24) is 10.2 Å². The van der Waals surface area contributed by atoms with Gasteiger partial charge in [-0.2, -0.15) is 0 Å². The minimum atomic E-state index is 0.991. The molecule has 3 heteroatoms. The van der Waals surface area contributed by atoms with Crippen LogP contribution < -0.4 is 5.32 Å². The van der Waals surface area contributed by atoms with Gasteiger partial charge in [0.25, 0.3) is 0 Å². The number of rotatable bonds is 2. The minimum absolute atomic E-state index is 0.991. The second kappa shape index (κ2) is 4.72. The van der Waals surface area contributed by atoms with Gasteiger partial charge in [-0.15, -0.1) is 0 Å². The first-order valence-electron chi connectivity index (χ1n) is 3.62. The summed E-state index contributed by atoms with van der Waals surface area (Å²) in [6.45, 7) is 5.49. The van der Waals surface area contributed by atoms with Crippen LogP contribution in [0.4, 0.5) is 0 Å². The van der Waals surface area contributed by atoms with Crippen LogP contribution in [0.2, 0.25) is 0 Å². The quantitative estimate of drug-likeness (QED) is 0.638. The second-order valence-corrected chi connectivity index (χ2v) is 2.66. The summed E-state index contributed by atoms with van der Waals surface area (Å²) in [6, 6.07) is 0. The molecule has 1 saturated heterocycles. The molecule has 0 atom stereocenters. The molecule has 0 aromatic carbocycles. The van der Waals surface area contributed by atoms with Gasteiger partial charge in [-0.1, -0.05) is 17.7 Å². The smallest absolute Gasteiger partial charge is 0.0175 e. The van der Waals surface area contributed by atoms with Crippen molar-refractivity contribution in [2.45, 2.75) is 0 Å². The lowest BCUT2D eigenvalue weighted by atomic mass is 10.3. The topological polar surface area (TPSA) is 15.3 Å². The van der Waals surface area contributed by atoms with Crippen LogP contribution in [-0.4, -0.2) is 37.6 Å². The Labute approximate surface area is 66.8 Å². The number of hydrogen-bond acceptors (Lipinski definition) is 2. The van der Waals surface area contributed by atoms with Gasteiger partial charge in [-0.3, -0.25) is 4.90 Å². The molecule has 1 rings (SSSR count). The zero-order valence-electron chi connectivity index (χ0n) is 6.02. The largest absolute Gasteiger partial charge is 0.314 e. The molecule has 1 aliphatic rings. The van der Waals surface area contributed by atoms with E-state index in [9.17, 15) is 0 Å². The molecular weight excluding hydrogens is 148 g/mol. The first kappa shape index (κ1) is 8.05. The number of nitrogens with one attached hydrogen (secondary N) is 1. The summed E-state index contributed by atoms with van der Waals surface area (Å²) in [5.74, 6) is 0. The Hall–Kier alpha value is -0.0500. The van der Waals surface area contributed by atoms with Crippen LogP contribution in [0.5, 0.6) is 0 Å². The van der Waals surface area contributed by atoms with Crippen LogP contribution in [0.15, 0.2) is 11.6 Å². The lowest BCUT2D eigenvalue weighted by Crippen LogP contribution is -2.43. The molecule has 0 unspecified atom stereocenters. The fourth-order valence-electron chi connectivity index (χ4n) is 1.08. The molecule has 1 fully saturated rings. The fraction of sp³-hybridized carbons (Fsp3) is 0.714. The third kappa shape index (κ3) is 2.69. The molecule has 0 aliphatic carbocycles. The van der Waals surface area contributed by atoms with E-state index in [1.807, 2.05) is 6.08 Å². The maximum absolute atomic E-state index is 5.40. The van der Waals surface area contributed by atoms with Crippen LogP contribution in [0.3, 0.4) is 0 Å². The molecule has 0 bridgehead atoms. The van der Waals surface area contributed by atoms with Crippen LogP contribution in [0.25, 0.3) is 0 Å². The molecule has 2 nitrogen and oxygen atoms in total. The maximum Gasteiger partial charge on any atom is 0.0175 e. The van der Waals surface area contributed by atoms with Gasteiger partial charge in [0.1, 0.15) is 0 Å². The average Bonchev–Trinajstić information content (AvgIpc) is 2.03. The third-order valence-corrected chi connectivity index (χ3v) is 1.84. The highest BCUT2D eigenvalue weighted by Crippen LogP contribution is 1.92. The molecular formula is C7H13ClN2. The monoisotopic (exact) mass is 160 g/mol. The third-order valence-electron chi connectivity index (χ3n) is 1.66. The summed E-state index contributed by atoms with van der Waals surface area (Å²) in [5.41, 5.74) is 1.59. The van der Waals surface area contributed by atoms with Gasteiger partial charge in [0.05, 0.1) is 0 Å². The summed E-state index contributed by atoms with van der Waals surface area (Å²) in [4.78, 5) is 2.37. The molecule has 0 aromatic heterocycles. The highest BCUT2D eigenvalue weighted by Gasteiger charge is 2.05. The molecule has 0 saturated carbocycles. The van der Waals surface area contributed by atoms with Crippen molar-refractivity contribution in [1.29, 1.82) is 0 Å². The summed E-state index contributed by atoms with van der Waals surface area (Å²) < 4.78 is 0. The van der Waals surface area contributed by atoms with Crippen LogP contribution in [0, 0.1) is 0 Å². The maximum atomic E-state index is 5.40.